The van der Waals surface area contributed by atoms with Crippen LogP contribution < -0.4 is 10.6 Å². The molecule has 0 bridgehead atoms. The summed E-state index contributed by atoms with van der Waals surface area (Å²) in [6.45, 7) is 1.87. The molecule has 94 valence electrons. The Morgan fingerprint density at radius 2 is 2.00 bits per heavy atom. The van der Waals surface area contributed by atoms with Gasteiger partial charge < -0.3 is 10.6 Å². The van der Waals surface area contributed by atoms with E-state index >= 15 is 0 Å². The van der Waals surface area contributed by atoms with E-state index in [4.69, 9.17) is 0 Å². The maximum atomic E-state index is 13.4. The Bertz CT molecular complexity index is 574. The van der Waals surface area contributed by atoms with Crippen molar-refractivity contribution >= 4 is 33.4 Å². The first-order valence-corrected chi connectivity index (χ1v) is 6.13. The molecule has 2 aromatic rings. The second-order valence-electron chi connectivity index (χ2n) is 3.72. The van der Waals surface area contributed by atoms with Crippen molar-refractivity contribution in [2.75, 3.05) is 17.7 Å². The molecule has 2 N–H and O–H groups in total. The Kier molecular flexibility index (Phi) is 3.76. The second-order valence-corrected chi connectivity index (χ2v) is 4.58. The van der Waals surface area contributed by atoms with Crippen LogP contribution in [0, 0.1) is 12.7 Å². The molecule has 1 aromatic carbocycles. The molecular formula is C12H12BrFN4. The molecule has 0 radical (unpaired) electrons. The number of hydrogen-bond acceptors (Lipinski definition) is 4. The second kappa shape index (κ2) is 5.30. The van der Waals surface area contributed by atoms with Crippen LogP contribution in [0.2, 0.25) is 0 Å². The van der Waals surface area contributed by atoms with E-state index in [0.29, 0.717) is 21.9 Å². The number of anilines is 3. The van der Waals surface area contributed by atoms with Crippen LogP contribution in [-0.2, 0) is 0 Å². The fourth-order valence-corrected chi connectivity index (χ4v) is 1.71. The average molecular weight is 311 g/mol. The Morgan fingerprint density at radius 3 is 2.67 bits per heavy atom. The Labute approximate surface area is 113 Å². The minimum atomic E-state index is -0.320. The summed E-state index contributed by atoms with van der Waals surface area (Å²) in [6, 6.07) is 6.61. The van der Waals surface area contributed by atoms with Gasteiger partial charge in [-0.1, -0.05) is 0 Å². The van der Waals surface area contributed by atoms with Crippen molar-refractivity contribution in [3.05, 3.63) is 40.2 Å². The van der Waals surface area contributed by atoms with Crippen LogP contribution in [0.1, 0.15) is 5.69 Å². The highest BCUT2D eigenvalue weighted by molar-refractivity contribution is 9.10. The summed E-state index contributed by atoms with van der Waals surface area (Å²) in [7, 11) is 1.75. The molecule has 0 fully saturated rings. The zero-order valence-corrected chi connectivity index (χ0v) is 11.5. The number of halogens is 2. The Balaban J connectivity index is 2.27. The lowest BCUT2D eigenvalue weighted by molar-refractivity contribution is 0.622. The summed E-state index contributed by atoms with van der Waals surface area (Å²) in [4.78, 5) is 8.41. The molecule has 0 aliphatic carbocycles. The number of nitrogens with one attached hydrogen (secondary N) is 2. The molecule has 1 heterocycles. The minimum Gasteiger partial charge on any atom is -0.357 e. The molecule has 0 atom stereocenters. The Hall–Kier alpha value is -1.69. The number of hydrogen-bond donors (Lipinski definition) is 2. The lowest BCUT2D eigenvalue weighted by Gasteiger charge is -2.08. The highest BCUT2D eigenvalue weighted by Crippen LogP contribution is 2.22. The summed E-state index contributed by atoms with van der Waals surface area (Å²) < 4.78 is 13.8. The van der Waals surface area contributed by atoms with Gasteiger partial charge in [0.1, 0.15) is 11.6 Å². The molecule has 0 saturated carbocycles. The van der Waals surface area contributed by atoms with Crippen molar-refractivity contribution in [1.82, 2.24) is 9.97 Å². The van der Waals surface area contributed by atoms with Crippen LogP contribution in [0.15, 0.2) is 28.7 Å². The summed E-state index contributed by atoms with van der Waals surface area (Å²) in [5.41, 5.74) is 1.46. The number of aromatic nitrogens is 2. The topological polar surface area (TPSA) is 49.8 Å². The predicted molar refractivity (Wildman–Crippen MR) is 73.7 cm³/mol. The first-order chi connectivity index (χ1) is 8.58. The molecule has 0 saturated heterocycles. The number of nitrogens with zero attached hydrogens (tertiary/aromatic N) is 2. The van der Waals surface area contributed by atoms with Crippen LogP contribution in [0.3, 0.4) is 0 Å². The van der Waals surface area contributed by atoms with E-state index in [1.165, 1.54) is 6.07 Å². The van der Waals surface area contributed by atoms with Gasteiger partial charge in [0, 0.05) is 24.5 Å². The smallest absolute Gasteiger partial charge is 0.224 e. The molecule has 0 aliphatic heterocycles. The number of benzene rings is 1. The largest absolute Gasteiger partial charge is 0.357 e. The van der Waals surface area contributed by atoms with Gasteiger partial charge in [-0.25, -0.2) is 9.37 Å². The molecule has 1 aromatic heterocycles. The van der Waals surface area contributed by atoms with Crippen LogP contribution in [0.25, 0.3) is 0 Å². The van der Waals surface area contributed by atoms with Gasteiger partial charge in [-0.15, -0.1) is 0 Å². The SMILES string of the molecule is CNc1nc(C)cc(Nc2ccc(Br)c(F)c2)n1. The van der Waals surface area contributed by atoms with Crippen LogP contribution in [0.4, 0.5) is 21.8 Å². The summed E-state index contributed by atoms with van der Waals surface area (Å²) in [5, 5.41) is 5.91. The highest BCUT2D eigenvalue weighted by Gasteiger charge is 2.04. The molecular weight excluding hydrogens is 299 g/mol. The third-order valence-corrected chi connectivity index (χ3v) is 2.91. The van der Waals surface area contributed by atoms with Crippen LogP contribution in [-0.4, -0.2) is 17.0 Å². The molecule has 0 unspecified atom stereocenters. The average Bonchev–Trinajstić information content (AvgIpc) is 2.33. The van der Waals surface area contributed by atoms with Crippen molar-refractivity contribution in [2.24, 2.45) is 0 Å². The van der Waals surface area contributed by atoms with E-state index in [-0.39, 0.29) is 5.82 Å². The van der Waals surface area contributed by atoms with E-state index in [9.17, 15) is 4.39 Å². The van der Waals surface area contributed by atoms with Crippen molar-refractivity contribution in [3.8, 4) is 0 Å². The van der Waals surface area contributed by atoms with E-state index in [1.807, 2.05) is 6.92 Å². The van der Waals surface area contributed by atoms with Crippen molar-refractivity contribution in [2.45, 2.75) is 6.92 Å². The normalized spacial score (nSPS) is 10.2. The zero-order chi connectivity index (χ0) is 13.1. The molecule has 0 aliphatic rings. The van der Waals surface area contributed by atoms with E-state index in [1.54, 1.807) is 25.2 Å². The fraction of sp³-hybridized carbons (Fsp3) is 0.167. The van der Waals surface area contributed by atoms with Gasteiger partial charge in [0.05, 0.1) is 4.47 Å². The quantitative estimate of drug-likeness (QED) is 0.911. The van der Waals surface area contributed by atoms with E-state index in [2.05, 4.69) is 36.5 Å². The lowest BCUT2D eigenvalue weighted by atomic mass is 10.3. The number of aryl methyl sites for hydroxylation is 1. The third-order valence-electron chi connectivity index (χ3n) is 2.27. The van der Waals surface area contributed by atoms with Crippen molar-refractivity contribution in [3.63, 3.8) is 0 Å². The molecule has 2 rings (SSSR count). The fourth-order valence-electron chi connectivity index (χ4n) is 1.47. The lowest BCUT2D eigenvalue weighted by Crippen LogP contribution is -2.02. The molecule has 18 heavy (non-hydrogen) atoms. The van der Waals surface area contributed by atoms with E-state index in [0.717, 1.165) is 5.69 Å². The maximum absolute atomic E-state index is 13.4. The zero-order valence-electron chi connectivity index (χ0n) is 9.96. The van der Waals surface area contributed by atoms with Gasteiger partial charge in [-0.3, -0.25) is 0 Å². The standard InChI is InChI=1S/C12H12BrFN4/c1-7-5-11(18-12(15-2)16-7)17-8-3-4-9(13)10(14)6-8/h3-6H,1-2H3,(H2,15,16,17,18). The summed E-state index contributed by atoms with van der Waals surface area (Å²) >= 11 is 3.11. The van der Waals surface area contributed by atoms with Crippen molar-refractivity contribution in [1.29, 1.82) is 0 Å². The highest BCUT2D eigenvalue weighted by atomic mass is 79.9. The molecule has 6 heteroatoms. The van der Waals surface area contributed by atoms with Gasteiger partial charge in [0.15, 0.2) is 0 Å². The van der Waals surface area contributed by atoms with Gasteiger partial charge in [-0.2, -0.15) is 4.98 Å². The van der Waals surface area contributed by atoms with Gasteiger partial charge >= 0.3 is 0 Å². The Morgan fingerprint density at radius 1 is 1.22 bits per heavy atom. The molecule has 4 nitrogen and oxygen atoms in total. The predicted octanol–water partition coefficient (Wildman–Crippen LogP) is 3.47. The monoisotopic (exact) mass is 310 g/mol. The van der Waals surface area contributed by atoms with Gasteiger partial charge in [0.2, 0.25) is 5.95 Å². The van der Waals surface area contributed by atoms with Crippen molar-refractivity contribution < 1.29 is 4.39 Å². The first-order valence-electron chi connectivity index (χ1n) is 5.34. The van der Waals surface area contributed by atoms with Gasteiger partial charge in [-0.05, 0) is 41.1 Å². The van der Waals surface area contributed by atoms with Crippen LogP contribution in [0.5, 0.6) is 0 Å². The van der Waals surface area contributed by atoms with E-state index < -0.39 is 0 Å². The first kappa shape index (κ1) is 12.8. The molecule has 0 amide bonds. The summed E-state index contributed by atoms with van der Waals surface area (Å²) in [6.07, 6.45) is 0. The number of rotatable bonds is 3. The van der Waals surface area contributed by atoms with Gasteiger partial charge in [0.25, 0.3) is 0 Å². The maximum Gasteiger partial charge on any atom is 0.224 e. The summed E-state index contributed by atoms with van der Waals surface area (Å²) in [5.74, 6) is 0.822. The minimum absolute atomic E-state index is 0.320. The third kappa shape index (κ3) is 2.95. The molecule has 0 spiro atoms. The van der Waals surface area contributed by atoms with Crippen LogP contribution >= 0.6 is 15.9 Å².